The van der Waals surface area contributed by atoms with Crippen molar-refractivity contribution in [1.29, 1.82) is 0 Å². The first-order chi connectivity index (χ1) is 10.5. The maximum atomic E-state index is 12.4. The lowest BCUT2D eigenvalue weighted by molar-refractivity contribution is 0.102. The highest BCUT2D eigenvalue weighted by molar-refractivity contribution is 7.15. The van der Waals surface area contributed by atoms with Crippen LogP contribution in [0.25, 0.3) is 0 Å². The Balaban J connectivity index is 1.87. The van der Waals surface area contributed by atoms with Crippen LogP contribution in [-0.4, -0.2) is 21.1 Å². The Kier molecular flexibility index (Phi) is 3.82. The van der Waals surface area contributed by atoms with E-state index < -0.39 is 11.5 Å². The lowest BCUT2D eigenvalue weighted by Gasteiger charge is -2.15. The van der Waals surface area contributed by atoms with Crippen molar-refractivity contribution < 1.29 is 4.79 Å². The van der Waals surface area contributed by atoms with Gasteiger partial charge in [-0.05, 0) is 44.6 Å². The second kappa shape index (κ2) is 5.64. The second-order valence-corrected chi connectivity index (χ2v) is 6.91. The minimum Gasteiger partial charge on any atom is -0.298 e. The zero-order valence-electron chi connectivity index (χ0n) is 12.8. The Hall–Kier alpha value is -2.02. The van der Waals surface area contributed by atoms with Gasteiger partial charge in [0.25, 0.3) is 11.5 Å². The maximum Gasteiger partial charge on any atom is 0.277 e. The van der Waals surface area contributed by atoms with Crippen molar-refractivity contribution in [3.05, 3.63) is 37.7 Å². The molecular weight excluding hydrogens is 300 g/mol. The minimum atomic E-state index is -0.476. The van der Waals surface area contributed by atoms with E-state index >= 15 is 0 Å². The van der Waals surface area contributed by atoms with E-state index in [-0.39, 0.29) is 5.56 Å². The normalized spacial score (nSPS) is 17.1. The SMILES string of the molecule is Cc1n[nH]c(=O)c(C(=O)Nc2nc3c(s2)C[C@@H](C)CC3)c1C. The maximum absolute atomic E-state index is 12.4. The minimum absolute atomic E-state index is 0.106. The van der Waals surface area contributed by atoms with E-state index in [0.29, 0.717) is 22.3 Å². The average Bonchev–Trinajstić information content (AvgIpc) is 2.84. The first-order valence-corrected chi connectivity index (χ1v) is 8.13. The molecule has 1 aliphatic rings. The number of carbonyl (C=O) groups excluding carboxylic acids is 1. The molecule has 0 saturated carbocycles. The van der Waals surface area contributed by atoms with Crippen molar-refractivity contribution in [3.8, 4) is 0 Å². The molecule has 0 radical (unpaired) electrons. The molecule has 3 rings (SSSR count). The molecule has 116 valence electrons. The van der Waals surface area contributed by atoms with E-state index in [4.69, 9.17) is 0 Å². The van der Waals surface area contributed by atoms with Crippen LogP contribution in [-0.2, 0) is 12.8 Å². The van der Waals surface area contributed by atoms with Crippen LogP contribution >= 0.6 is 11.3 Å². The number of thiazole rings is 1. The highest BCUT2D eigenvalue weighted by atomic mass is 32.1. The van der Waals surface area contributed by atoms with Crippen LogP contribution in [0.15, 0.2) is 4.79 Å². The number of aryl methyl sites for hydroxylation is 2. The fourth-order valence-corrected chi connectivity index (χ4v) is 3.82. The Bertz CT molecular complexity index is 793. The summed E-state index contributed by atoms with van der Waals surface area (Å²) < 4.78 is 0. The highest BCUT2D eigenvalue weighted by Gasteiger charge is 2.22. The van der Waals surface area contributed by atoms with E-state index in [1.807, 2.05) is 0 Å². The molecule has 1 aliphatic carbocycles. The molecule has 0 aliphatic heterocycles. The lowest BCUT2D eigenvalue weighted by Crippen LogP contribution is -2.26. The van der Waals surface area contributed by atoms with Gasteiger partial charge in [-0.1, -0.05) is 6.92 Å². The van der Waals surface area contributed by atoms with Crippen molar-refractivity contribution >= 4 is 22.4 Å². The van der Waals surface area contributed by atoms with Gasteiger partial charge < -0.3 is 0 Å². The van der Waals surface area contributed by atoms with Crippen LogP contribution in [0.5, 0.6) is 0 Å². The molecule has 6 nitrogen and oxygen atoms in total. The summed E-state index contributed by atoms with van der Waals surface area (Å²) in [6, 6.07) is 0. The van der Waals surface area contributed by atoms with Gasteiger partial charge in [-0.15, -0.1) is 11.3 Å². The van der Waals surface area contributed by atoms with E-state index in [2.05, 4.69) is 27.4 Å². The zero-order chi connectivity index (χ0) is 15.9. The lowest BCUT2D eigenvalue weighted by atomic mass is 9.93. The Morgan fingerprint density at radius 2 is 2.18 bits per heavy atom. The smallest absolute Gasteiger partial charge is 0.277 e. The summed E-state index contributed by atoms with van der Waals surface area (Å²) in [5.74, 6) is 0.229. The van der Waals surface area contributed by atoms with Crippen LogP contribution in [0, 0.1) is 19.8 Å². The number of aromatic nitrogens is 3. The van der Waals surface area contributed by atoms with Crippen LogP contribution < -0.4 is 10.9 Å². The molecule has 0 bridgehead atoms. The zero-order valence-corrected chi connectivity index (χ0v) is 13.6. The van der Waals surface area contributed by atoms with Crippen molar-refractivity contribution in [3.63, 3.8) is 0 Å². The van der Waals surface area contributed by atoms with E-state index in [9.17, 15) is 9.59 Å². The van der Waals surface area contributed by atoms with Gasteiger partial charge in [-0.3, -0.25) is 14.9 Å². The summed E-state index contributed by atoms with van der Waals surface area (Å²) in [5, 5.41) is 9.53. The molecule has 0 aromatic carbocycles. The number of anilines is 1. The quantitative estimate of drug-likeness (QED) is 0.888. The molecule has 1 amide bonds. The Morgan fingerprint density at radius 1 is 1.41 bits per heavy atom. The molecule has 2 heterocycles. The van der Waals surface area contributed by atoms with Crippen molar-refractivity contribution in [1.82, 2.24) is 15.2 Å². The predicted octanol–water partition coefficient (Wildman–Crippen LogP) is 2.22. The van der Waals surface area contributed by atoms with E-state index in [0.717, 1.165) is 25.0 Å². The molecule has 0 spiro atoms. The molecular formula is C15H18N4O2S. The molecule has 0 unspecified atom stereocenters. The Labute approximate surface area is 132 Å². The summed E-state index contributed by atoms with van der Waals surface area (Å²) in [7, 11) is 0. The third-order valence-corrected chi connectivity index (χ3v) is 5.14. The molecule has 0 fully saturated rings. The van der Waals surface area contributed by atoms with Crippen molar-refractivity contribution in [2.45, 2.75) is 40.0 Å². The van der Waals surface area contributed by atoms with Gasteiger partial charge in [0, 0.05) is 4.88 Å². The average molecular weight is 318 g/mol. The molecule has 2 N–H and O–H groups in total. The van der Waals surface area contributed by atoms with Gasteiger partial charge in [-0.2, -0.15) is 5.10 Å². The monoisotopic (exact) mass is 318 g/mol. The van der Waals surface area contributed by atoms with Crippen molar-refractivity contribution in [2.75, 3.05) is 5.32 Å². The topological polar surface area (TPSA) is 87.7 Å². The first kappa shape index (κ1) is 14.9. The van der Waals surface area contributed by atoms with Gasteiger partial charge in [0.05, 0.1) is 11.4 Å². The molecule has 0 saturated heterocycles. The van der Waals surface area contributed by atoms with Crippen LogP contribution in [0.1, 0.15) is 45.5 Å². The number of rotatable bonds is 2. The van der Waals surface area contributed by atoms with E-state index in [1.54, 1.807) is 13.8 Å². The second-order valence-electron chi connectivity index (χ2n) is 5.83. The molecule has 2 aromatic heterocycles. The third-order valence-electron chi connectivity index (χ3n) is 4.10. The molecule has 2 aromatic rings. The Morgan fingerprint density at radius 3 is 2.95 bits per heavy atom. The van der Waals surface area contributed by atoms with Gasteiger partial charge in [0.15, 0.2) is 5.13 Å². The number of aromatic amines is 1. The number of hydrogen-bond donors (Lipinski definition) is 2. The van der Waals surface area contributed by atoms with Crippen LogP contribution in [0.3, 0.4) is 0 Å². The summed E-state index contributed by atoms with van der Waals surface area (Å²) >= 11 is 1.51. The predicted molar refractivity (Wildman–Crippen MR) is 85.6 cm³/mol. The standard InChI is InChI=1S/C15H18N4O2S/c1-7-4-5-10-11(6-7)22-15(16-10)17-13(20)12-8(2)9(3)18-19-14(12)21/h7H,4-6H2,1-3H3,(H,19,21)(H,16,17,20)/t7-/m0/s1. The summed E-state index contributed by atoms with van der Waals surface area (Å²) in [6.07, 6.45) is 3.10. The number of nitrogens with one attached hydrogen (secondary N) is 2. The highest BCUT2D eigenvalue weighted by Crippen LogP contribution is 2.32. The number of H-pyrrole nitrogens is 1. The van der Waals surface area contributed by atoms with Gasteiger partial charge in [-0.25, -0.2) is 10.1 Å². The van der Waals surface area contributed by atoms with Crippen LogP contribution in [0.4, 0.5) is 5.13 Å². The van der Waals surface area contributed by atoms with Gasteiger partial charge in [0.1, 0.15) is 5.56 Å². The fourth-order valence-electron chi connectivity index (χ4n) is 2.65. The molecule has 1 atom stereocenters. The number of nitrogens with zero attached hydrogens (tertiary/aromatic N) is 2. The molecule has 22 heavy (non-hydrogen) atoms. The third kappa shape index (κ3) is 2.68. The van der Waals surface area contributed by atoms with Crippen LogP contribution in [0.2, 0.25) is 0 Å². The summed E-state index contributed by atoms with van der Waals surface area (Å²) in [4.78, 5) is 30.0. The molecule has 7 heteroatoms. The summed E-state index contributed by atoms with van der Waals surface area (Å²) in [6.45, 7) is 5.70. The fraction of sp³-hybridized carbons (Fsp3) is 0.467. The van der Waals surface area contributed by atoms with Gasteiger partial charge >= 0.3 is 0 Å². The van der Waals surface area contributed by atoms with Gasteiger partial charge in [0.2, 0.25) is 0 Å². The van der Waals surface area contributed by atoms with E-state index in [1.165, 1.54) is 16.2 Å². The number of fused-ring (bicyclic) bond motifs is 1. The number of carbonyl (C=O) groups is 1. The first-order valence-electron chi connectivity index (χ1n) is 7.31. The largest absolute Gasteiger partial charge is 0.298 e. The number of hydrogen-bond acceptors (Lipinski definition) is 5. The van der Waals surface area contributed by atoms with Crippen molar-refractivity contribution in [2.24, 2.45) is 5.92 Å². The summed E-state index contributed by atoms with van der Waals surface area (Å²) in [5.41, 5.74) is 1.94. The number of amides is 1.